The first kappa shape index (κ1) is 14.4. The Morgan fingerprint density at radius 1 is 1.16 bits per heavy atom. The fraction of sp³-hybridized carbons (Fsp3) is 0.267. The zero-order valence-electron chi connectivity index (χ0n) is 11.2. The summed E-state index contributed by atoms with van der Waals surface area (Å²) in [7, 11) is 2.01. The number of aryl methyl sites for hydroxylation is 2. The van der Waals surface area contributed by atoms with Crippen LogP contribution in [-0.4, -0.2) is 12.0 Å². The minimum absolute atomic E-state index is 0.441. The molecule has 0 N–H and O–H groups in total. The van der Waals surface area contributed by atoms with Gasteiger partial charge in [-0.05, 0) is 59.1 Å². The molecule has 0 aliphatic carbocycles. The summed E-state index contributed by atoms with van der Waals surface area (Å²) in [5.74, 6) is 1.33. The molecule has 0 aliphatic rings. The molecule has 0 saturated carbocycles. The highest BCUT2D eigenvalue weighted by Gasteiger charge is 2.11. The number of pyridine rings is 1. The Morgan fingerprint density at radius 2 is 1.79 bits per heavy atom. The van der Waals surface area contributed by atoms with E-state index in [-0.39, 0.29) is 0 Å². The van der Waals surface area contributed by atoms with Crippen molar-refractivity contribution in [2.24, 2.45) is 0 Å². The van der Waals surface area contributed by atoms with E-state index in [1.807, 2.05) is 13.1 Å². The summed E-state index contributed by atoms with van der Waals surface area (Å²) in [6.45, 7) is 4.20. The van der Waals surface area contributed by atoms with Crippen molar-refractivity contribution in [1.29, 1.82) is 0 Å². The van der Waals surface area contributed by atoms with E-state index < -0.39 is 0 Å². The quantitative estimate of drug-likeness (QED) is 0.734. The monoisotopic (exact) mass is 338 g/mol. The maximum Gasteiger partial charge on any atom is 0.137 e. The van der Waals surface area contributed by atoms with E-state index >= 15 is 0 Å². The van der Waals surface area contributed by atoms with Gasteiger partial charge in [-0.3, -0.25) is 0 Å². The van der Waals surface area contributed by atoms with Crippen LogP contribution in [0.15, 0.2) is 34.9 Å². The molecule has 2 rings (SSSR count). The third-order valence-electron chi connectivity index (χ3n) is 2.96. The Balaban J connectivity index is 2.46. The van der Waals surface area contributed by atoms with Crippen LogP contribution in [0.3, 0.4) is 0 Å². The van der Waals surface area contributed by atoms with Crippen LogP contribution in [0.25, 0.3) is 0 Å². The second-order valence-corrected chi connectivity index (χ2v) is 5.86. The summed E-state index contributed by atoms with van der Waals surface area (Å²) in [5.41, 5.74) is 4.62. The number of halogens is 2. The van der Waals surface area contributed by atoms with E-state index in [2.05, 4.69) is 57.9 Å². The molecule has 0 unspecified atom stereocenters. The Kier molecular flexibility index (Phi) is 4.48. The summed E-state index contributed by atoms with van der Waals surface area (Å²) < 4.78 is 0.945. The summed E-state index contributed by atoms with van der Waals surface area (Å²) in [6, 6.07) is 8.47. The SMILES string of the molecule is Cc1cc(C)cc(N(C)c2ncc(Br)cc2CCl)c1. The molecule has 0 spiro atoms. The Bertz CT molecular complexity index is 578. The highest BCUT2D eigenvalue weighted by molar-refractivity contribution is 9.10. The van der Waals surface area contributed by atoms with Crippen LogP contribution < -0.4 is 4.90 Å². The second kappa shape index (κ2) is 5.93. The van der Waals surface area contributed by atoms with E-state index in [9.17, 15) is 0 Å². The van der Waals surface area contributed by atoms with Crippen molar-refractivity contribution in [2.45, 2.75) is 19.7 Å². The average Bonchev–Trinajstić information content (AvgIpc) is 2.36. The zero-order valence-corrected chi connectivity index (χ0v) is 13.6. The normalized spacial score (nSPS) is 10.6. The van der Waals surface area contributed by atoms with Crippen LogP contribution in [0, 0.1) is 13.8 Å². The van der Waals surface area contributed by atoms with Crippen molar-refractivity contribution in [1.82, 2.24) is 4.98 Å². The summed E-state index contributed by atoms with van der Waals surface area (Å²) in [6.07, 6.45) is 1.80. The molecule has 2 aromatic rings. The molecule has 19 heavy (non-hydrogen) atoms. The summed E-state index contributed by atoms with van der Waals surface area (Å²) in [5, 5.41) is 0. The van der Waals surface area contributed by atoms with E-state index in [4.69, 9.17) is 11.6 Å². The topological polar surface area (TPSA) is 16.1 Å². The predicted molar refractivity (Wildman–Crippen MR) is 85.5 cm³/mol. The smallest absolute Gasteiger partial charge is 0.137 e. The van der Waals surface area contributed by atoms with Crippen LogP contribution in [0.1, 0.15) is 16.7 Å². The van der Waals surface area contributed by atoms with Crippen molar-refractivity contribution in [2.75, 3.05) is 11.9 Å². The van der Waals surface area contributed by atoms with Crippen molar-refractivity contribution in [3.05, 3.63) is 51.6 Å². The van der Waals surface area contributed by atoms with Gasteiger partial charge in [-0.25, -0.2) is 4.98 Å². The first-order valence-electron chi connectivity index (χ1n) is 6.03. The molecule has 100 valence electrons. The number of alkyl halides is 1. The van der Waals surface area contributed by atoms with Crippen LogP contribution in [0.4, 0.5) is 11.5 Å². The average molecular weight is 340 g/mol. The molecule has 0 radical (unpaired) electrons. The number of hydrogen-bond donors (Lipinski definition) is 0. The Labute approximate surface area is 127 Å². The standard InChI is InChI=1S/C15H16BrClN2/c1-10-4-11(2)6-14(5-10)19(3)15-12(8-17)7-13(16)9-18-15/h4-7,9H,8H2,1-3H3. The first-order valence-corrected chi connectivity index (χ1v) is 7.36. The van der Waals surface area contributed by atoms with Gasteiger partial charge in [0.25, 0.3) is 0 Å². The number of rotatable bonds is 3. The number of nitrogens with zero attached hydrogens (tertiary/aromatic N) is 2. The lowest BCUT2D eigenvalue weighted by Crippen LogP contribution is -2.13. The Morgan fingerprint density at radius 3 is 2.37 bits per heavy atom. The third kappa shape index (κ3) is 3.28. The molecule has 1 heterocycles. The third-order valence-corrected chi connectivity index (χ3v) is 3.69. The molecule has 2 nitrogen and oxygen atoms in total. The largest absolute Gasteiger partial charge is 0.329 e. The lowest BCUT2D eigenvalue weighted by Gasteiger charge is -2.22. The number of benzene rings is 1. The second-order valence-electron chi connectivity index (χ2n) is 4.67. The van der Waals surface area contributed by atoms with E-state index in [0.717, 1.165) is 21.5 Å². The van der Waals surface area contributed by atoms with Crippen LogP contribution >= 0.6 is 27.5 Å². The summed E-state index contributed by atoms with van der Waals surface area (Å²) >= 11 is 9.44. The molecule has 1 aromatic heterocycles. The van der Waals surface area contributed by atoms with Gasteiger partial charge in [0, 0.05) is 29.0 Å². The van der Waals surface area contributed by atoms with Gasteiger partial charge < -0.3 is 4.90 Å². The summed E-state index contributed by atoms with van der Waals surface area (Å²) in [4.78, 5) is 6.55. The molecule has 1 aromatic carbocycles. The molecule has 0 aliphatic heterocycles. The van der Waals surface area contributed by atoms with Gasteiger partial charge in [0.15, 0.2) is 0 Å². The molecular weight excluding hydrogens is 324 g/mol. The van der Waals surface area contributed by atoms with Gasteiger partial charge in [0.05, 0.1) is 5.88 Å². The maximum atomic E-state index is 6.01. The fourth-order valence-electron chi connectivity index (χ4n) is 2.14. The Hall–Kier alpha value is -1.06. The zero-order chi connectivity index (χ0) is 14.0. The van der Waals surface area contributed by atoms with Crippen molar-refractivity contribution in [3.63, 3.8) is 0 Å². The molecular formula is C15H16BrClN2. The predicted octanol–water partition coefficient (Wildman–Crippen LogP) is 4.97. The van der Waals surface area contributed by atoms with Gasteiger partial charge in [0.2, 0.25) is 0 Å². The van der Waals surface area contributed by atoms with Gasteiger partial charge in [-0.2, -0.15) is 0 Å². The molecule has 4 heteroatoms. The highest BCUT2D eigenvalue weighted by Crippen LogP contribution is 2.29. The minimum atomic E-state index is 0.441. The molecule has 0 saturated heterocycles. The van der Waals surface area contributed by atoms with Crippen LogP contribution in [0.2, 0.25) is 0 Å². The van der Waals surface area contributed by atoms with Crippen molar-refractivity contribution in [3.8, 4) is 0 Å². The van der Waals surface area contributed by atoms with Crippen molar-refractivity contribution < 1.29 is 0 Å². The lowest BCUT2D eigenvalue weighted by atomic mass is 10.1. The number of aromatic nitrogens is 1. The van der Waals surface area contributed by atoms with Crippen molar-refractivity contribution >= 4 is 39.0 Å². The van der Waals surface area contributed by atoms with E-state index in [0.29, 0.717) is 5.88 Å². The molecule has 0 bridgehead atoms. The molecule has 0 amide bonds. The van der Waals surface area contributed by atoms with E-state index in [1.54, 1.807) is 6.20 Å². The van der Waals surface area contributed by atoms with Gasteiger partial charge in [-0.1, -0.05) is 6.07 Å². The van der Waals surface area contributed by atoms with Gasteiger partial charge in [0.1, 0.15) is 5.82 Å². The number of hydrogen-bond acceptors (Lipinski definition) is 2. The molecule has 0 fully saturated rings. The highest BCUT2D eigenvalue weighted by atomic mass is 79.9. The minimum Gasteiger partial charge on any atom is -0.329 e. The lowest BCUT2D eigenvalue weighted by molar-refractivity contribution is 1.08. The van der Waals surface area contributed by atoms with Crippen LogP contribution in [-0.2, 0) is 5.88 Å². The first-order chi connectivity index (χ1) is 9.01. The van der Waals surface area contributed by atoms with E-state index in [1.165, 1.54) is 11.1 Å². The molecule has 0 atom stereocenters. The van der Waals surface area contributed by atoms with Gasteiger partial charge >= 0.3 is 0 Å². The van der Waals surface area contributed by atoms with Crippen LogP contribution in [0.5, 0.6) is 0 Å². The maximum absolute atomic E-state index is 6.01. The number of anilines is 2. The fourth-order valence-corrected chi connectivity index (χ4v) is 2.72. The van der Waals surface area contributed by atoms with Gasteiger partial charge in [-0.15, -0.1) is 11.6 Å².